The minimum Gasteiger partial charge on any atom is -0.481 e. The second-order valence-corrected chi connectivity index (χ2v) is 8.88. The SMILES string of the molecule is COc1cc(C2CC(c3cn4c(=O)c5c(nc4c(-c4ccc(F)cc4F)n3)COC5)CCO2)ccn1. The van der Waals surface area contributed by atoms with Crippen LogP contribution in [0.2, 0.25) is 0 Å². The van der Waals surface area contributed by atoms with Gasteiger partial charge >= 0.3 is 0 Å². The van der Waals surface area contributed by atoms with E-state index in [1.165, 1.54) is 16.5 Å². The van der Waals surface area contributed by atoms with Crippen molar-refractivity contribution >= 4 is 5.65 Å². The van der Waals surface area contributed by atoms with E-state index in [2.05, 4.69) is 9.97 Å². The molecule has 0 N–H and O–H groups in total. The van der Waals surface area contributed by atoms with Crippen LogP contribution in [0.25, 0.3) is 16.9 Å². The molecular formula is C26H22F2N4O4. The largest absolute Gasteiger partial charge is 0.481 e. The van der Waals surface area contributed by atoms with Crippen molar-refractivity contribution < 1.29 is 23.0 Å². The van der Waals surface area contributed by atoms with Crippen molar-refractivity contribution in [3.63, 3.8) is 0 Å². The van der Waals surface area contributed by atoms with Crippen LogP contribution in [0.4, 0.5) is 8.78 Å². The van der Waals surface area contributed by atoms with Crippen molar-refractivity contribution in [2.45, 2.75) is 38.1 Å². The first-order valence-electron chi connectivity index (χ1n) is 11.6. The third-order valence-corrected chi connectivity index (χ3v) is 6.72. The van der Waals surface area contributed by atoms with Crippen LogP contribution in [0, 0.1) is 11.6 Å². The third kappa shape index (κ3) is 3.92. The molecule has 3 aromatic heterocycles. The number of pyridine rings is 1. The molecule has 0 radical (unpaired) electrons. The van der Waals surface area contributed by atoms with Crippen LogP contribution in [0.3, 0.4) is 0 Å². The number of aromatic nitrogens is 4. The van der Waals surface area contributed by atoms with Crippen LogP contribution >= 0.6 is 0 Å². The number of hydrogen-bond donors (Lipinski definition) is 0. The summed E-state index contributed by atoms with van der Waals surface area (Å²) in [5, 5.41) is 0. The van der Waals surface area contributed by atoms with Crippen molar-refractivity contribution in [3.8, 4) is 17.1 Å². The van der Waals surface area contributed by atoms with Gasteiger partial charge in [0.1, 0.15) is 17.3 Å². The minimum absolute atomic E-state index is 0.0731. The highest BCUT2D eigenvalue weighted by atomic mass is 19.1. The van der Waals surface area contributed by atoms with Crippen LogP contribution in [0.1, 0.15) is 47.4 Å². The van der Waals surface area contributed by atoms with Gasteiger partial charge in [-0.2, -0.15) is 0 Å². The second kappa shape index (κ2) is 9.03. The Kier molecular flexibility index (Phi) is 5.69. The molecule has 0 spiro atoms. The van der Waals surface area contributed by atoms with Gasteiger partial charge in [-0.1, -0.05) is 0 Å². The fourth-order valence-electron chi connectivity index (χ4n) is 4.85. The Balaban J connectivity index is 1.49. The van der Waals surface area contributed by atoms with E-state index in [1.54, 1.807) is 19.5 Å². The molecule has 2 aliphatic heterocycles. The summed E-state index contributed by atoms with van der Waals surface area (Å²) < 4.78 is 46.7. The predicted molar refractivity (Wildman–Crippen MR) is 125 cm³/mol. The summed E-state index contributed by atoms with van der Waals surface area (Å²) in [6.07, 6.45) is 4.37. The highest BCUT2D eigenvalue weighted by Crippen LogP contribution is 2.38. The van der Waals surface area contributed by atoms with Gasteiger partial charge in [0, 0.05) is 42.6 Å². The van der Waals surface area contributed by atoms with Gasteiger partial charge in [-0.3, -0.25) is 9.20 Å². The Bertz CT molecular complexity index is 1540. The molecule has 10 heteroatoms. The van der Waals surface area contributed by atoms with Gasteiger partial charge in [0.25, 0.3) is 5.56 Å². The summed E-state index contributed by atoms with van der Waals surface area (Å²) in [4.78, 5) is 26.9. The lowest BCUT2D eigenvalue weighted by Crippen LogP contribution is -2.24. The molecule has 6 rings (SSSR count). The molecule has 8 nitrogen and oxygen atoms in total. The number of ether oxygens (including phenoxy) is 3. The highest BCUT2D eigenvalue weighted by molar-refractivity contribution is 5.74. The fourth-order valence-corrected chi connectivity index (χ4v) is 4.85. The molecule has 184 valence electrons. The van der Waals surface area contributed by atoms with Crippen molar-refractivity contribution in [2.24, 2.45) is 0 Å². The van der Waals surface area contributed by atoms with E-state index in [4.69, 9.17) is 19.2 Å². The van der Waals surface area contributed by atoms with Crippen LogP contribution in [0.5, 0.6) is 5.88 Å². The molecule has 36 heavy (non-hydrogen) atoms. The third-order valence-electron chi connectivity index (χ3n) is 6.72. The molecular weight excluding hydrogens is 470 g/mol. The maximum Gasteiger partial charge on any atom is 0.263 e. The van der Waals surface area contributed by atoms with Crippen LogP contribution in [-0.2, 0) is 22.7 Å². The molecule has 4 aromatic rings. The predicted octanol–water partition coefficient (Wildman–Crippen LogP) is 4.10. The summed E-state index contributed by atoms with van der Waals surface area (Å²) >= 11 is 0. The smallest absolute Gasteiger partial charge is 0.263 e. The zero-order valence-electron chi connectivity index (χ0n) is 19.4. The summed E-state index contributed by atoms with van der Waals surface area (Å²) in [7, 11) is 1.55. The number of fused-ring (bicyclic) bond motifs is 2. The topological polar surface area (TPSA) is 87.8 Å². The van der Waals surface area contributed by atoms with E-state index in [1.807, 2.05) is 12.1 Å². The van der Waals surface area contributed by atoms with E-state index < -0.39 is 11.6 Å². The average molecular weight is 492 g/mol. The lowest BCUT2D eigenvalue weighted by molar-refractivity contribution is 0.00442. The highest BCUT2D eigenvalue weighted by Gasteiger charge is 2.29. The fraction of sp³-hybridized carbons (Fsp3) is 0.308. The zero-order valence-corrected chi connectivity index (χ0v) is 19.4. The summed E-state index contributed by atoms with van der Waals surface area (Å²) in [5.41, 5.74) is 2.71. The number of halogens is 2. The van der Waals surface area contributed by atoms with Crippen molar-refractivity contribution in [2.75, 3.05) is 13.7 Å². The molecule has 1 fully saturated rings. The van der Waals surface area contributed by atoms with E-state index in [9.17, 15) is 13.6 Å². The molecule has 0 amide bonds. The van der Waals surface area contributed by atoms with E-state index in [-0.39, 0.29) is 47.7 Å². The summed E-state index contributed by atoms with van der Waals surface area (Å²) in [5.74, 6) is -1.06. The zero-order chi connectivity index (χ0) is 24.8. The summed E-state index contributed by atoms with van der Waals surface area (Å²) in [6.45, 7) is 0.849. The molecule has 0 saturated carbocycles. The molecule has 2 unspecified atom stereocenters. The van der Waals surface area contributed by atoms with Gasteiger partial charge in [-0.05, 0) is 36.6 Å². The Morgan fingerprint density at radius 2 is 2.03 bits per heavy atom. The Hall–Kier alpha value is -3.76. The molecule has 1 aromatic carbocycles. The molecule has 0 aliphatic carbocycles. The second-order valence-electron chi connectivity index (χ2n) is 8.88. The number of benzene rings is 1. The average Bonchev–Trinajstić information content (AvgIpc) is 3.38. The Labute approximate surface area is 204 Å². The molecule has 2 atom stereocenters. The van der Waals surface area contributed by atoms with Gasteiger partial charge in [-0.15, -0.1) is 0 Å². The standard InChI is InChI=1S/C26H22F2N4O4/c1-34-23-9-15(4-6-29-23)22-8-14(5-7-36-22)20-11-32-25(31-21-13-35-12-18(21)26(32)33)24(30-20)17-3-2-16(27)10-19(17)28/h2-4,6,9-11,14,22H,5,7-8,12-13H2,1H3. The van der Waals surface area contributed by atoms with Gasteiger partial charge in [0.15, 0.2) is 5.65 Å². The van der Waals surface area contributed by atoms with Crippen molar-refractivity contribution in [3.05, 3.63) is 87.2 Å². The summed E-state index contributed by atoms with van der Waals surface area (Å²) in [6, 6.07) is 7.00. The lowest BCUT2D eigenvalue weighted by Gasteiger charge is -2.30. The first-order chi connectivity index (χ1) is 17.5. The Morgan fingerprint density at radius 3 is 2.86 bits per heavy atom. The molecule has 1 saturated heterocycles. The quantitative estimate of drug-likeness (QED) is 0.424. The van der Waals surface area contributed by atoms with E-state index in [0.717, 1.165) is 11.6 Å². The molecule has 2 aliphatic rings. The number of rotatable bonds is 4. The van der Waals surface area contributed by atoms with Crippen LogP contribution in [0.15, 0.2) is 47.5 Å². The Morgan fingerprint density at radius 1 is 1.14 bits per heavy atom. The molecule has 5 heterocycles. The van der Waals surface area contributed by atoms with Crippen LogP contribution < -0.4 is 10.3 Å². The maximum atomic E-state index is 14.9. The lowest BCUT2D eigenvalue weighted by atomic mass is 9.89. The molecule has 0 bridgehead atoms. The van der Waals surface area contributed by atoms with Gasteiger partial charge in [-0.25, -0.2) is 23.7 Å². The number of nitrogens with zero attached hydrogens (tertiary/aromatic N) is 4. The monoisotopic (exact) mass is 492 g/mol. The van der Waals surface area contributed by atoms with E-state index >= 15 is 0 Å². The minimum atomic E-state index is -0.777. The van der Waals surface area contributed by atoms with Crippen molar-refractivity contribution in [1.82, 2.24) is 19.4 Å². The van der Waals surface area contributed by atoms with Gasteiger partial charge in [0.2, 0.25) is 5.88 Å². The first kappa shape index (κ1) is 22.7. The first-order valence-corrected chi connectivity index (χ1v) is 11.6. The normalized spacial score (nSPS) is 19.4. The van der Waals surface area contributed by atoms with Gasteiger partial charge in [0.05, 0.1) is 43.4 Å². The number of hydrogen-bond acceptors (Lipinski definition) is 7. The van der Waals surface area contributed by atoms with Gasteiger partial charge < -0.3 is 14.2 Å². The maximum absolute atomic E-state index is 14.9. The van der Waals surface area contributed by atoms with Crippen molar-refractivity contribution in [1.29, 1.82) is 0 Å². The van der Waals surface area contributed by atoms with Crippen LogP contribution in [-0.4, -0.2) is 33.1 Å². The number of methoxy groups -OCH3 is 1. The van der Waals surface area contributed by atoms with E-state index in [0.29, 0.717) is 42.3 Å².